The number of hydrogen-bond donors (Lipinski definition) is 0. The molecular weight excluding hydrogens is 268 g/mol. The van der Waals surface area contributed by atoms with E-state index >= 15 is 0 Å². The summed E-state index contributed by atoms with van der Waals surface area (Å²) in [6.07, 6.45) is 1.22. The highest BCUT2D eigenvalue weighted by Crippen LogP contribution is 2.24. The Balaban J connectivity index is 1.43. The van der Waals surface area contributed by atoms with Gasteiger partial charge in [-0.15, -0.1) is 11.3 Å². The van der Waals surface area contributed by atoms with Gasteiger partial charge in [0.05, 0.1) is 13.2 Å². The second kappa shape index (κ2) is 6.56. The quantitative estimate of drug-likeness (QED) is 0.830. The van der Waals surface area contributed by atoms with Gasteiger partial charge in [0.1, 0.15) is 0 Å². The normalized spacial score (nSPS) is 22.4. The molecule has 3 nitrogen and oxygen atoms in total. The van der Waals surface area contributed by atoms with E-state index in [1.165, 1.54) is 24.4 Å². The minimum Gasteiger partial charge on any atom is -0.379 e. The molecule has 4 heteroatoms. The summed E-state index contributed by atoms with van der Waals surface area (Å²) in [5, 5.41) is 0. The van der Waals surface area contributed by atoms with Crippen molar-refractivity contribution in [2.24, 2.45) is 5.92 Å². The Morgan fingerprint density at radius 1 is 1.20 bits per heavy atom. The Hall–Kier alpha value is -0.420. The van der Waals surface area contributed by atoms with Crippen LogP contribution < -0.4 is 0 Å². The zero-order chi connectivity index (χ0) is 13.9. The van der Waals surface area contributed by atoms with Crippen molar-refractivity contribution in [3.63, 3.8) is 0 Å². The topological polar surface area (TPSA) is 15.7 Å². The molecule has 0 radical (unpaired) electrons. The Labute approximate surface area is 126 Å². The number of morpholine rings is 1. The molecule has 3 heterocycles. The summed E-state index contributed by atoms with van der Waals surface area (Å²) in [5.74, 6) is 0.760. The molecule has 0 aliphatic carbocycles. The van der Waals surface area contributed by atoms with Gasteiger partial charge in [0.2, 0.25) is 0 Å². The van der Waals surface area contributed by atoms with Gasteiger partial charge < -0.3 is 4.74 Å². The Morgan fingerprint density at radius 2 is 1.90 bits per heavy atom. The maximum Gasteiger partial charge on any atom is 0.0594 e. The average molecular weight is 294 g/mol. The van der Waals surface area contributed by atoms with Crippen molar-refractivity contribution < 1.29 is 4.74 Å². The molecule has 2 saturated heterocycles. The lowest BCUT2D eigenvalue weighted by Gasteiger charge is -2.46. The monoisotopic (exact) mass is 294 g/mol. The third kappa shape index (κ3) is 3.61. The summed E-state index contributed by atoms with van der Waals surface area (Å²) in [6.45, 7) is 12.3. The highest BCUT2D eigenvalue weighted by molar-refractivity contribution is 7.11. The third-order valence-corrected chi connectivity index (χ3v) is 5.30. The second-order valence-electron chi connectivity index (χ2n) is 6.46. The fourth-order valence-corrected chi connectivity index (χ4v) is 4.36. The van der Waals surface area contributed by atoms with Crippen LogP contribution in [0.4, 0.5) is 0 Å². The summed E-state index contributed by atoms with van der Waals surface area (Å²) in [7, 11) is 0. The van der Waals surface area contributed by atoms with E-state index in [4.69, 9.17) is 4.74 Å². The van der Waals surface area contributed by atoms with Crippen LogP contribution in [-0.2, 0) is 17.7 Å². The molecule has 3 rings (SSSR count). The van der Waals surface area contributed by atoms with Gasteiger partial charge in [0.25, 0.3) is 0 Å². The highest BCUT2D eigenvalue weighted by atomic mass is 32.1. The molecule has 2 aliphatic heterocycles. The SMILES string of the molecule is CC(C)Cc1ccc(CN2CC(N3CCOCC3)C2)s1. The van der Waals surface area contributed by atoms with Crippen molar-refractivity contribution in [1.82, 2.24) is 9.80 Å². The van der Waals surface area contributed by atoms with Gasteiger partial charge in [0.15, 0.2) is 0 Å². The molecule has 0 aromatic carbocycles. The lowest BCUT2D eigenvalue weighted by molar-refractivity contribution is -0.0341. The van der Waals surface area contributed by atoms with Crippen molar-refractivity contribution in [3.05, 3.63) is 21.9 Å². The smallest absolute Gasteiger partial charge is 0.0594 e. The van der Waals surface area contributed by atoms with Gasteiger partial charge in [-0.2, -0.15) is 0 Å². The van der Waals surface area contributed by atoms with E-state index < -0.39 is 0 Å². The largest absolute Gasteiger partial charge is 0.379 e. The predicted molar refractivity (Wildman–Crippen MR) is 84.3 cm³/mol. The van der Waals surface area contributed by atoms with Crippen LogP contribution in [0.5, 0.6) is 0 Å². The van der Waals surface area contributed by atoms with Crippen LogP contribution in [-0.4, -0.2) is 55.2 Å². The minimum absolute atomic E-state index is 0.760. The number of thiophene rings is 1. The molecule has 2 fully saturated rings. The molecule has 112 valence electrons. The first-order chi connectivity index (χ1) is 9.70. The zero-order valence-corrected chi connectivity index (χ0v) is 13.5. The van der Waals surface area contributed by atoms with Crippen LogP contribution >= 0.6 is 11.3 Å². The van der Waals surface area contributed by atoms with Gasteiger partial charge in [-0.3, -0.25) is 9.80 Å². The maximum absolute atomic E-state index is 5.42. The van der Waals surface area contributed by atoms with E-state index in [0.717, 1.165) is 44.8 Å². The molecule has 1 aromatic rings. The summed E-state index contributed by atoms with van der Waals surface area (Å²) in [6, 6.07) is 5.41. The molecule has 0 unspecified atom stereocenters. The minimum atomic E-state index is 0.760. The van der Waals surface area contributed by atoms with E-state index in [1.54, 1.807) is 4.88 Å². The van der Waals surface area contributed by atoms with Crippen LogP contribution in [0, 0.1) is 5.92 Å². The van der Waals surface area contributed by atoms with Gasteiger partial charge in [-0.1, -0.05) is 13.8 Å². The van der Waals surface area contributed by atoms with Crippen LogP contribution in [0.25, 0.3) is 0 Å². The number of nitrogens with zero attached hydrogens (tertiary/aromatic N) is 2. The van der Waals surface area contributed by atoms with E-state index in [9.17, 15) is 0 Å². The average Bonchev–Trinajstić information content (AvgIpc) is 2.81. The standard InChI is InChI=1S/C16H26N2OS/c1-13(2)9-15-3-4-16(20-15)12-17-10-14(11-17)18-5-7-19-8-6-18/h3-4,13-14H,5-12H2,1-2H3. The van der Waals surface area contributed by atoms with Crippen LogP contribution in [0.3, 0.4) is 0 Å². The highest BCUT2D eigenvalue weighted by Gasteiger charge is 2.32. The van der Waals surface area contributed by atoms with Gasteiger partial charge in [-0.25, -0.2) is 0 Å². The molecular formula is C16H26N2OS. The van der Waals surface area contributed by atoms with Gasteiger partial charge >= 0.3 is 0 Å². The lowest BCUT2D eigenvalue weighted by Crippen LogP contribution is -2.60. The fourth-order valence-electron chi connectivity index (χ4n) is 3.09. The molecule has 0 amide bonds. The summed E-state index contributed by atoms with van der Waals surface area (Å²) in [4.78, 5) is 8.24. The summed E-state index contributed by atoms with van der Waals surface area (Å²) in [5.41, 5.74) is 0. The van der Waals surface area contributed by atoms with Gasteiger partial charge in [0, 0.05) is 48.5 Å². The third-order valence-electron chi connectivity index (χ3n) is 4.21. The first-order valence-corrected chi connectivity index (χ1v) is 8.64. The van der Waals surface area contributed by atoms with Crippen LogP contribution in [0.15, 0.2) is 12.1 Å². The first kappa shape index (κ1) is 14.5. The van der Waals surface area contributed by atoms with Crippen LogP contribution in [0.2, 0.25) is 0 Å². The molecule has 0 atom stereocenters. The van der Waals surface area contributed by atoms with E-state index in [1.807, 2.05) is 11.3 Å². The number of rotatable bonds is 5. The molecule has 2 aliphatic rings. The number of ether oxygens (including phenoxy) is 1. The van der Waals surface area contributed by atoms with E-state index in [-0.39, 0.29) is 0 Å². The zero-order valence-electron chi connectivity index (χ0n) is 12.7. The molecule has 1 aromatic heterocycles. The maximum atomic E-state index is 5.42. The van der Waals surface area contributed by atoms with Gasteiger partial charge in [-0.05, 0) is 24.5 Å². The van der Waals surface area contributed by atoms with Crippen molar-refractivity contribution >= 4 is 11.3 Å². The van der Waals surface area contributed by atoms with Crippen LogP contribution in [0.1, 0.15) is 23.6 Å². The first-order valence-electron chi connectivity index (χ1n) is 7.82. The van der Waals surface area contributed by atoms with E-state index in [0.29, 0.717) is 0 Å². The molecule has 0 spiro atoms. The predicted octanol–water partition coefficient (Wildman–Crippen LogP) is 2.46. The van der Waals surface area contributed by atoms with Crippen molar-refractivity contribution in [1.29, 1.82) is 0 Å². The molecule has 20 heavy (non-hydrogen) atoms. The van der Waals surface area contributed by atoms with Crippen molar-refractivity contribution in [2.45, 2.75) is 32.9 Å². The summed E-state index contributed by atoms with van der Waals surface area (Å²) >= 11 is 2.00. The molecule has 0 N–H and O–H groups in total. The molecule has 0 saturated carbocycles. The second-order valence-corrected chi connectivity index (χ2v) is 7.72. The molecule has 0 bridgehead atoms. The Bertz CT molecular complexity index is 420. The van der Waals surface area contributed by atoms with Crippen molar-refractivity contribution in [3.8, 4) is 0 Å². The Morgan fingerprint density at radius 3 is 2.60 bits per heavy atom. The number of likely N-dealkylation sites (tertiary alicyclic amines) is 1. The van der Waals surface area contributed by atoms with Crippen molar-refractivity contribution in [2.75, 3.05) is 39.4 Å². The number of hydrogen-bond acceptors (Lipinski definition) is 4. The lowest BCUT2D eigenvalue weighted by atomic mass is 10.1. The fraction of sp³-hybridized carbons (Fsp3) is 0.750. The summed E-state index contributed by atoms with van der Waals surface area (Å²) < 4.78 is 5.42. The Kier molecular flexibility index (Phi) is 4.76. The van der Waals surface area contributed by atoms with E-state index in [2.05, 4.69) is 35.8 Å².